The van der Waals surface area contributed by atoms with Crippen LogP contribution in [0, 0.1) is 6.92 Å². The minimum Gasteiger partial charge on any atom is -0.419 e. The topological polar surface area (TPSA) is 38.9 Å². The van der Waals surface area contributed by atoms with Crippen molar-refractivity contribution in [3.8, 4) is 11.5 Å². The fourth-order valence-electron chi connectivity index (χ4n) is 2.07. The van der Waals surface area contributed by atoms with Crippen LogP contribution in [0.2, 0.25) is 0 Å². The molecular weight excluding hydrogens is 360 g/mol. The molecule has 1 atom stereocenters. The minimum absolute atomic E-state index is 0.0877. The van der Waals surface area contributed by atoms with E-state index in [0.29, 0.717) is 11.8 Å². The zero-order valence-electron chi connectivity index (χ0n) is 12.3. The van der Waals surface area contributed by atoms with Crippen molar-refractivity contribution in [1.29, 1.82) is 0 Å². The van der Waals surface area contributed by atoms with Crippen LogP contribution < -0.4 is 0 Å². The molecule has 5 heteroatoms. The first kappa shape index (κ1) is 15.3. The Kier molecular flexibility index (Phi) is 4.64. The van der Waals surface area contributed by atoms with Gasteiger partial charge in [0.05, 0.1) is 5.25 Å². The molecule has 3 aromatic rings. The number of aromatic nitrogens is 2. The van der Waals surface area contributed by atoms with Gasteiger partial charge in [-0.3, -0.25) is 0 Å². The van der Waals surface area contributed by atoms with E-state index < -0.39 is 0 Å². The molecule has 0 amide bonds. The summed E-state index contributed by atoms with van der Waals surface area (Å²) in [5.74, 6) is 1.20. The van der Waals surface area contributed by atoms with Gasteiger partial charge in [-0.05, 0) is 54.0 Å². The van der Waals surface area contributed by atoms with Gasteiger partial charge in [0.15, 0.2) is 0 Å². The summed E-state index contributed by atoms with van der Waals surface area (Å²) in [6, 6.07) is 16.2. The number of aryl methyl sites for hydroxylation is 1. The Labute approximate surface area is 142 Å². The van der Waals surface area contributed by atoms with Crippen molar-refractivity contribution in [2.45, 2.75) is 24.0 Å². The van der Waals surface area contributed by atoms with Gasteiger partial charge in [0.1, 0.15) is 0 Å². The Bertz CT molecular complexity index is 788. The SMILES string of the molecule is Cc1cccc(-c2nnc([C@H](C)Sc3ccccc3Br)o2)c1. The monoisotopic (exact) mass is 374 g/mol. The van der Waals surface area contributed by atoms with Crippen LogP contribution in [-0.2, 0) is 0 Å². The largest absolute Gasteiger partial charge is 0.419 e. The number of nitrogens with zero attached hydrogens (tertiary/aromatic N) is 2. The molecule has 3 nitrogen and oxygen atoms in total. The first-order chi connectivity index (χ1) is 10.6. The predicted octanol–water partition coefficient (Wildman–Crippen LogP) is 5.66. The molecule has 3 rings (SSSR count). The molecule has 0 fully saturated rings. The summed E-state index contributed by atoms with van der Waals surface area (Å²) in [7, 11) is 0. The summed E-state index contributed by atoms with van der Waals surface area (Å²) in [5, 5.41) is 8.45. The highest BCUT2D eigenvalue weighted by molar-refractivity contribution is 9.10. The number of thioether (sulfide) groups is 1. The van der Waals surface area contributed by atoms with Crippen molar-refractivity contribution < 1.29 is 4.42 Å². The van der Waals surface area contributed by atoms with Gasteiger partial charge in [-0.2, -0.15) is 0 Å². The van der Waals surface area contributed by atoms with Gasteiger partial charge < -0.3 is 4.42 Å². The van der Waals surface area contributed by atoms with E-state index in [9.17, 15) is 0 Å². The highest BCUT2D eigenvalue weighted by Gasteiger charge is 2.17. The van der Waals surface area contributed by atoms with Gasteiger partial charge >= 0.3 is 0 Å². The van der Waals surface area contributed by atoms with E-state index in [4.69, 9.17) is 4.42 Å². The zero-order chi connectivity index (χ0) is 15.5. The highest BCUT2D eigenvalue weighted by Crippen LogP contribution is 2.38. The maximum Gasteiger partial charge on any atom is 0.247 e. The van der Waals surface area contributed by atoms with Crippen molar-refractivity contribution >= 4 is 27.7 Å². The molecule has 0 N–H and O–H groups in total. The van der Waals surface area contributed by atoms with Crippen LogP contribution in [-0.4, -0.2) is 10.2 Å². The van der Waals surface area contributed by atoms with Gasteiger partial charge in [0.2, 0.25) is 11.8 Å². The minimum atomic E-state index is 0.0877. The van der Waals surface area contributed by atoms with Crippen LogP contribution in [0.15, 0.2) is 62.3 Å². The Morgan fingerprint density at radius 1 is 1.09 bits per heavy atom. The van der Waals surface area contributed by atoms with Gasteiger partial charge in [0, 0.05) is 14.9 Å². The first-order valence-electron chi connectivity index (χ1n) is 6.95. The van der Waals surface area contributed by atoms with Crippen molar-refractivity contribution in [2.75, 3.05) is 0 Å². The van der Waals surface area contributed by atoms with Crippen LogP contribution >= 0.6 is 27.7 Å². The van der Waals surface area contributed by atoms with E-state index in [2.05, 4.69) is 39.1 Å². The van der Waals surface area contributed by atoms with Gasteiger partial charge in [-0.1, -0.05) is 29.8 Å². The fourth-order valence-corrected chi connectivity index (χ4v) is 3.55. The molecule has 22 heavy (non-hydrogen) atoms. The molecule has 2 aromatic carbocycles. The number of halogens is 1. The van der Waals surface area contributed by atoms with E-state index in [-0.39, 0.29) is 5.25 Å². The van der Waals surface area contributed by atoms with Crippen LogP contribution in [0.4, 0.5) is 0 Å². The summed E-state index contributed by atoms with van der Waals surface area (Å²) in [4.78, 5) is 1.16. The molecule has 0 spiro atoms. The Morgan fingerprint density at radius 2 is 1.91 bits per heavy atom. The molecule has 1 heterocycles. The highest BCUT2D eigenvalue weighted by atomic mass is 79.9. The number of hydrogen-bond donors (Lipinski definition) is 0. The molecule has 0 radical (unpaired) electrons. The fraction of sp³-hybridized carbons (Fsp3) is 0.176. The molecule has 0 aliphatic carbocycles. The maximum absolute atomic E-state index is 5.84. The molecule has 0 saturated heterocycles. The Hall–Kier alpha value is -1.59. The number of benzene rings is 2. The van der Waals surface area contributed by atoms with Crippen LogP contribution in [0.5, 0.6) is 0 Å². The quantitative estimate of drug-likeness (QED) is 0.552. The van der Waals surface area contributed by atoms with Crippen LogP contribution in [0.1, 0.15) is 23.6 Å². The number of hydrogen-bond acceptors (Lipinski definition) is 4. The second-order valence-electron chi connectivity index (χ2n) is 5.01. The average molecular weight is 375 g/mol. The van der Waals surface area contributed by atoms with E-state index in [1.165, 1.54) is 5.56 Å². The lowest BCUT2D eigenvalue weighted by atomic mass is 10.1. The maximum atomic E-state index is 5.84. The van der Waals surface area contributed by atoms with E-state index in [1.807, 2.05) is 49.4 Å². The zero-order valence-corrected chi connectivity index (χ0v) is 14.7. The molecule has 0 aliphatic heterocycles. The smallest absolute Gasteiger partial charge is 0.247 e. The average Bonchev–Trinajstić information content (AvgIpc) is 2.99. The predicted molar refractivity (Wildman–Crippen MR) is 92.9 cm³/mol. The van der Waals surface area contributed by atoms with Crippen LogP contribution in [0.25, 0.3) is 11.5 Å². The Balaban J connectivity index is 1.80. The van der Waals surface area contributed by atoms with Crippen molar-refractivity contribution in [1.82, 2.24) is 10.2 Å². The lowest BCUT2D eigenvalue weighted by molar-refractivity contribution is 0.509. The normalized spacial score (nSPS) is 12.3. The summed E-state index contributed by atoms with van der Waals surface area (Å²) in [5.41, 5.74) is 2.13. The molecular formula is C17H15BrN2OS. The van der Waals surface area contributed by atoms with E-state index in [1.54, 1.807) is 11.8 Å². The second kappa shape index (κ2) is 6.67. The van der Waals surface area contributed by atoms with Crippen molar-refractivity contribution in [2.24, 2.45) is 0 Å². The Morgan fingerprint density at radius 3 is 2.68 bits per heavy atom. The lowest BCUT2D eigenvalue weighted by Gasteiger charge is -2.08. The van der Waals surface area contributed by atoms with Gasteiger partial charge in [-0.15, -0.1) is 22.0 Å². The lowest BCUT2D eigenvalue weighted by Crippen LogP contribution is -1.89. The third-order valence-corrected chi connectivity index (χ3v) is 5.31. The summed E-state index contributed by atoms with van der Waals surface area (Å²) in [6.07, 6.45) is 0. The summed E-state index contributed by atoms with van der Waals surface area (Å²) >= 11 is 5.25. The summed E-state index contributed by atoms with van der Waals surface area (Å²) < 4.78 is 6.91. The molecule has 0 bridgehead atoms. The third kappa shape index (κ3) is 3.42. The van der Waals surface area contributed by atoms with Crippen molar-refractivity contribution in [3.05, 3.63) is 64.5 Å². The van der Waals surface area contributed by atoms with Gasteiger partial charge in [-0.25, -0.2) is 0 Å². The van der Waals surface area contributed by atoms with Crippen LogP contribution in [0.3, 0.4) is 0 Å². The molecule has 0 aliphatic rings. The first-order valence-corrected chi connectivity index (χ1v) is 8.62. The van der Waals surface area contributed by atoms with Gasteiger partial charge in [0.25, 0.3) is 0 Å². The standard InChI is InChI=1S/C17H15BrN2OS/c1-11-6-5-7-13(10-11)17-20-19-16(21-17)12(2)22-15-9-4-3-8-14(15)18/h3-10,12H,1-2H3/t12-/m0/s1. The number of rotatable bonds is 4. The molecule has 1 aromatic heterocycles. The summed E-state index contributed by atoms with van der Waals surface area (Å²) in [6.45, 7) is 4.11. The van der Waals surface area contributed by atoms with Crippen molar-refractivity contribution in [3.63, 3.8) is 0 Å². The molecule has 112 valence electrons. The third-order valence-electron chi connectivity index (χ3n) is 3.19. The van der Waals surface area contributed by atoms with E-state index >= 15 is 0 Å². The molecule has 0 unspecified atom stereocenters. The molecule has 0 saturated carbocycles. The second-order valence-corrected chi connectivity index (χ2v) is 7.24. The van der Waals surface area contributed by atoms with E-state index in [0.717, 1.165) is 14.9 Å².